The first-order valence-electron chi connectivity index (χ1n) is 6.30. The number of hydrogen-bond donors (Lipinski definition) is 1. The summed E-state index contributed by atoms with van der Waals surface area (Å²) in [4.78, 5) is 4.17. The van der Waals surface area contributed by atoms with Crippen LogP contribution >= 0.6 is 0 Å². The van der Waals surface area contributed by atoms with Crippen LogP contribution in [-0.4, -0.2) is 4.98 Å². The van der Waals surface area contributed by atoms with E-state index in [1.165, 1.54) is 22.3 Å². The Morgan fingerprint density at radius 2 is 1.89 bits per heavy atom. The van der Waals surface area contributed by atoms with E-state index in [2.05, 4.69) is 44.0 Å². The minimum absolute atomic E-state index is 0.0131. The van der Waals surface area contributed by atoms with Crippen LogP contribution in [0.15, 0.2) is 36.7 Å². The second-order valence-electron chi connectivity index (χ2n) is 4.97. The molecule has 0 aliphatic carbocycles. The van der Waals surface area contributed by atoms with Gasteiger partial charge in [-0.2, -0.15) is 0 Å². The summed E-state index contributed by atoms with van der Waals surface area (Å²) in [5.74, 6) is 0. The maximum atomic E-state index is 6.31. The molecule has 0 saturated carbocycles. The van der Waals surface area contributed by atoms with Crippen LogP contribution in [0.25, 0.3) is 0 Å². The van der Waals surface area contributed by atoms with Crippen molar-refractivity contribution in [2.45, 2.75) is 33.2 Å². The minimum Gasteiger partial charge on any atom is -0.324 e. The first-order chi connectivity index (χ1) is 8.58. The van der Waals surface area contributed by atoms with E-state index in [-0.39, 0.29) is 6.04 Å². The Labute approximate surface area is 109 Å². The smallest absolute Gasteiger partial charge is 0.0353 e. The molecule has 2 heteroatoms. The van der Waals surface area contributed by atoms with E-state index in [0.717, 1.165) is 12.0 Å². The summed E-state index contributed by atoms with van der Waals surface area (Å²) in [6.45, 7) is 6.33. The second-order valence-corrected chi connectivity index (χ2v) is 4.97. The average molecular weight is 240 g/mol. The van der Waals surface area contributed by atoms with E-state index >= 15 is 0 Å². The largest absolute Gasteiger partial charge is 0.324 e. The molecule has 0 saturated heterocycles. The van der Waals surface area contributed by atoms with Crippen molar-refractivity contribution in [2.24, 2.45) is 5.73 Å². The number of hydrogen-bond acceptors (Lipinski definition) is 2. The van der Waals surface area contributed by atoms with Gasteiger partial charge in [-0.05, 0) is 55.5 Å². The molecule has 2 nitrogen and oxygen atoms in total. The standard InChI is InChI=1S/C16H20N2/c1-11-4-5-12(2)14(8-11)9-16(17)15-10-18-7-6-13(15)3/h4-8,10,16H,9,17H2,1-3H3. The molecule has 0 radical (unpaired) electrons. The summed E-state index contributed by atoms with van der Waals surface area (Å²) >= 11 is 0. The quantitative estimate of drug-likeness (QED) is 0.894. The van der Waals surface area contributed by atoms with Crippen LogP contribution in [0, 0.1) is 20.8 Å². The van der Waals surface area contributed by atoms with Gasteiger partial charge in [-0.3, -0.25) is 4.98 Å². The van der Waals surface area contributed by atoms with Gasteiger partial charge < -0.3 is 5.73 Å². The third-order valence-electron chi connectivity index (χ3n) is 3.42. The number of benzene rings is 1. The number of aryl methyl sites for hydroxylation is 3. The molecular weight excluding hydrogens is 220 g/mol. The SMILES string of the molecule is Cc1ccc(C)c(CC(N)c2cnccc2C)c1. The van der Waals surface area contributed by atoms with E-state index < -0.39 is 0 Å². The van der Waals surface area contributed by atoms with Crippen molar-refractivity contribution in [3.63, 3.8) is 0 Å². The maximum Gasteiger partial charge on any atom is 0.0353 e. The van der Waals surface area contributed by atoms with Crippen molar-refractivity contribution >= 4 is 0 Å². The number of pyridine rings is 1. The van der Waals surface area contributed by atoms with Gasteiger partial charge in [-0.25, -0.2) is 0 Å². The van der Waals surface area contributed by atoms with E-state index in [4.69, 9.17) is 5.73 Å². The van der Waals surface area contributed by atoms with Crippen molar-refractivity contribution < 1.29 is 0 Å². The lowest BCUT2D eigenvalue weighted by Gasteiger charge is -2.16. The molecule has 0 fully saturated rings. The van der Waals surface area contributed by atoms with Crippen molar-refractivity contribution in [1.29, 1.82) is 0 Å². The van der Waals surface area contributed by atoms with Gasteiger partial charge in [0, 0.05) is 18.4 Å². The normalized spacial score (nSPS) is 12.4. The fourth-order valence-electron chi connectivity index (χ4n) is 2.23. The fourth-order valence-corrected chi connectivity index (χ4v) is 2.23. The van der Waals surface area contributed by atoms with Gasteiger partial charge >= 0.3 is 0 Å². The Morgan fingerprint density at radius 3 is 2.61 bits per heavy atom. The van der Waals surface area contributed by atoms with Gasteiger partial charge in [0.15, 0.2) is 0 Å². The maximum absolute atomic E-state index is 6.31. The summed E-state index contributed by atoms with van der Waals surface area (Å²) in [7, 11) is 0. The van der Waals surface area contributed by atoms with Crippen molar-refractivity contribution in [1.82, 2.24) is 4.98 Å². The Bertz CT molecular complexity index is 547. The van der Waals surface area contributed by atoms with Gasteiger partial charge in [0.2, 0.25) is 0 Å². The van der Waals surface area contributed by atoms with E-state index in [1.807, 2.05) is 18.5 Å². The summed E-state index contributed by atoms with van der Waals surface area (Å²) in [5, 5.41) is 0. The van der Waals surface area contributed by atoms with Crippen LogP contribution in [0.2, 0.25) is 0 Å². The topological polar surface area (TPSA) is 38.9 Å². The summed E-state index contributed by atoms with van der Waals surface area (Å²) in [6.07, 6.45) is 4.55. The van der Waals surface area contributed by atoms with Crippen LogP contribution in [0.3, 0.4) is 0 Å². The van der Waals surface area contributed by atoms with Crippen LogP contribution in [0.4, 0.5) is 0 Å². The molecule has 94 valence electrons. The molecule has 2 rings (SSSR count). The molecule has 2 N–H and O–H groups in total. The predicted molar refractivity (Wildman–Crippen MR) is 75.5 cm³/mol. The third-order valence-corrected chi connectivity index (χ3v) is 3.42. The van der Waals surface area contributed by atoms with Crippen LogP contribution < -0.4 is 5.73 Å². The zero-order valence-corrected chi connectivity index (χ0v) is 11.3. The predicted octanol–water partition coefficient (Wildman–Crippen LogP) is 3.25. The lowest BCUT2D eigenvalue weighted by Crippen LogP contribution is -2.15. The third kappa shape index (κ3) is 2.77. The number of nitrogens with two attached hydrogens (primary N) is 1. The average Bonchev–Trinajstić information content (AvgIpc) is 2.34. The fraction of sp³-hybridized carbons (Fsp3) is 0.312. The van der Waals surface area contributed by atoms with Crippen molar-refractivity contribution in [2.75, 3.05) is 0 Å². The zero-order chi connectivity index (χ0) is 13.1. The Morgan fingerprint density at radius 1 is 1.11 bits per heavy atom. The lowest BCUT2D eigenvalue weighted by atomic mass is 9.94. The van der Waals surface area contributed by atoms with Crippen molar-refractivity contribution in [3.8, 4) is 0 Å². The Hall–Kier alpha value is -1.67. The summed E-state index contributed by atoms with van der Waals surface area (Å²) in [6, 6.07) is 8.55. The lowest BCUT2D eigenvalue weighted by molar-refractivity contribution is 0.709. The molecule has 0 aliphatic heterocycles. The monoisotopic (exact) mass is 240 g/mol. The molecule has 1 atom stereocenters. The molecule has 0 amide bonds. The van der Waals surface area contributed by atoms with Crippen LogP contribution in [0.1, 0.15) is 33.9 Å². The zero-order valence-electron chi connectivity index (χ0n) is 11.3. The number of aromatic nitrogens is 1. The highest BCUT2D eigenvalue weighted by Gasteiger charge is 2.11. The molecule has 1 heterocycles. The van der Waals surface area contributed by atoms with Gasteiger partial charge in [-0.1, -0.05) is 23.8 Å². The summed E-state index contributed by atoms with van der Waals surface area (Å²) < 4.78 is 0. The van der Waals surface area contributed by atoms with Gasteiger partial charge in [-0.15, -0.1) is 0 Å². The summed E-state index contributed by atoms with van der Waals surface area (Å²) in [5.41, 5.74) is 12.6. The van der Waals surface area contributed by atoms with Gasteiger partial charge in [0.1, 0.15) is 0 Å². The Balaban J connectivity index is 2.24. The number of rotatable bonds is 3. The minimum atomic E-state index is 0.0131. The Kier molecular flexibility index (Phi) is 3.78. The molecule has 0 bridgehead atoms. The highest BCUT2D eigenvalue weighted by Crippen LogP contribution is 2.21. The van der Waals surface area contributed by atoms with Crippen molar-refractivity contribution in [3.05, 3.63) is 64.5 Å². The van der Waals surface area contributed by atoms with Crippen LogP contribution in [-0.2, 0) is 6.42 Å². The number of nitrogens with zero attached hydrogens (tertiary/aromatic N) is 1. The molecule has 0 spiro atoms. The van der Waals surface area contributed by atoms with E-state index in [0.29, 0.717) is 0 Å². The van der Waals surface area contributed by atoms with E-state index in [9.17, 15) is 0 Å². The molecule has 2 aromatic rings. The second kappa shape index (κ2) is 5.32. The first kappa shape index (κ1) is 12.8. The van der Waals surface area contributed by atoms with Crippen LogP contribution in [0.5, 0.6) is 0 Å². The van der Waals surface area contributed by atoms with Gasteiger partial charge in [0.05, 0.1) is 0 Å². The van der Waals surface area contributed by atoms with Gasteiger partial charge in [0.25, 0.3) is 0 Å². The highest BCUT2D eigenvalue weighted by atomic mass is 14.7. The first-order valence-corrected chi connectivity index (χ1v) is 6.30. The molecule has 1 unspecified atom stereocenters. The molecule has 0 aliphatic rings. The molecule has 1 aromatic heterocycles. The molecule has 1 aromatic carbocycles. The van der Waals surface area contributed by atoms with E-state index in [1.54, 1.807) is 0 Å². The highest BCUT2D eigenvalue weighted by molar-refractivity contribution is 5.33. The molecular formula is C16H20N2. The molecule has 18 heavy (non-hydrogen) atoms.